The van der Waals surface area contributed by atoms with E-state index in [1.165, 1.54) is 56.9 Å². The van der Waals surface area contributed by atoms with Crippen molar-refractivity contribution in [1.29, 1.82) is 0 Å². The summed E-state index contributed by atoms with van der Waals surface area (Å²) in [5.74, 6) is 1.43. The second-order valence-electron chi connectivity index (χ2n) is 12.2. The molecule has 2 saturated carbocycles. The number of unbranched alkanes of at least 4 members (excludes halogenated alkanes) is 1. The average molecular weight is 491 g/mol. The second kappa shape index (κ2) is 11.0. The molecule has 0 saturated heterocycles. The molecule has 196 valence electrons. The zero-order valence-corrected chi connectivity index (χ0v) is 22.9. The zero-order chi connectivity index (χ0) is 25.9. The quantitative estimate of drug-likeness (QED) is 0.228. The standard InChI is InChI=1S/C32H46N2O2/c1-6-7-8-26-19-22(2)15-17-31(26,4)28-16-18-32(5)27(20-28)13-14-29(32)23(3)34-36-30(35)25-11-9-24(21-33)10-12-25/h9-12,19,27-29H,2,6-8,13-18,20-21,33H2,1,3-5H3/b34-23+/t27?,28?,29-,31+,32+/m1/s1. The van der Waals surface area contributed by atoms with Gasteiger partial charge >= 0.3 is 5.97 Å². The van der Waals surface area contributed by atoms with Gasteiger partial charge in [0.05, 0.1) is 11.3 Å². The van der Waals surface area contributed by atoms with Gasteiger partial charge in [0.25, 0.3) is 0 Å². The van der Waals surface area contributed by atoms with E-state index in [9.17, 15) is 4.79 Å². The van der Waals surface area contributed by atoms with E-state index in [0.717, 1.165) is 30.0 Å². The molecule has 4 heteroatoms. The van der Waals surface area contributed by atoms with Crippen molar-refractivity contribution in [2.45, 2.75) is 98.4 Å². The van der Waals surface area contributed by atoms with Crippen molar-refractivity contribution < 1.29 is 9.63 Å². The minimum atomic E-state index is -0.403. The third-order valence-electron chi connectivity index (χ3n) is 10.1. The van der Waals surface area contributed by atoms with Gasteiger partial charge in [0.2, 0.25) is 0 Å². The average Bonchev–Trinajstić information content (AvgIpc) is 3.24. The molecule has 1 aromatic rings. The van der Waals surface area contributed by atoms with Crippen molar-refractivity contribution in [1.82, 2.24) is 0 Å². The molecule has 0 amide bonds. The number of oxime groups is 1. The molecule has 2 fully saturated rings. The first kappa shape index (κ1) is 26.9. The Morgan fingerprint density at radius 3 is 2.58 bits per heavy atom. The first-order valence-electron chi connectivity index (χ1n) is 14.1. The van der Waals surface area contributed by atoms with Crippen molar-refractivity contribution >= 4 is 11.7 Å². The SMILES string of the molecule is C=C1C=C(CCCC)[C@@](C)(C2CC[C@@]3(C)C(CC[C@@H]3/C(C)=N/OC(=O)c3ccc(CN)cc3)C2)CC1. The molecular formula is C32H46N2O2. The maximum Gasteiger partial charge on any atom is 0.365 e. The van der Waals surface area contributed by atoms with Gasteiger partial charge in [0, 0.05) is 12.5 Å². The van der Waals surface area contributed by atoms with Crippen LogP contribution in [0.25, 0.3) is 0 Å². The summed E-state index contributed by atoms with van der Waals surface area (Å²) < 4.78 is 0. The lowest BCUT2D eigenvalue weighted by molar-refractivity contribution is 0.0366. The summed E-state index contributed by atoms with van der Waals surface area (Å²) in [4.78, 5) is 17.9. The first-order chi connectivity index (χ1) is 17.2. The van der Waals surface area contributed by atoms with Crippen LogP contribution in [0.1, 0.15) is 108 Å². The van der Waals surface area contributed by atoms with Gasteiger partial charge in [-0.25, -0.2) is 4.79 Å². The Kier molecular flexibility index (Phi) is 8.24. The number of benzene rings is 1. The van der Waals surface area contributed by atoms with Gasteiger partial charge in [-0.3, -0.25) is 0 Å². The Hall–Kier alpha value is -2.20. The molecule has 0 aromatic heterocycles. The monoisotopic (exact) mass is 490 g/mol. The van der Waals surface area contributed by atoms with Crippen molar-refractivity contribution in [2.24, 2.45) is 39.5 Å². The van der Waals surface area contributed by atoms with Crippen LogP contribution in [0.15, 0.2) is 53.2 Å². The molecular weight excluding hydrogens is 444 g/mol. The zero-order valence-electron chi connectivity index (χ0n) is 22.9. The van der Waals surface area contributed by atoms with Gasteiger partial charge < -0.3 is 10.6 Å². The van der Waals surface area contributed by atoms with Crippen molar-refractivity contribution in [3.63, 3.8) is 0 Å². The predicted molar refractivity (Wildman–Crippen MR) is 149 cm³/mol. The van der Waals surface area contributed by atoms with Gasteiger partial charge in [0.15, 0.2) is 0 Å². The largest absolute Gasteiger partial charge is 0.365 e. The number of rotatable bonds is 8. The molecule has 0 spiro atoms. The van der Waals surface area contributed by atoms with Gasteiger partial charge in [-0.1, -0.05) is 68.3 Å². The molecule has 3 aliphatic carbocycles. The van der Waals surface area contributed by atoms with Crippen LogP contribution in [0.5, 0.6) is 0 Å². The lowest BCUT2D eigenvalue weighted by atomic mass is 9.54. The fourth-order valence-electron chi connectivity index (χ4n) is 7.55. The van der Waals surface area contributed by atoms with Crippen molar-refractivity contribution in [3.8, 4) is 0 Å². The fraction of sp³-hybridized carbons (Fsp3) is 0.625. The second-order valence-corrected chi connectivity index (χ2v) is 12.2. The maximum absolute atomic E-state index is 12.5. The number of allylic oxidation sites excluding steroid dienone is 3. The summed E-state index contributed by atoms with van der Waals surface area (Å²) in [5.41, 5.74) is 11.7. The van der Waals surface area contributed by atoms with Crippen LogP contribution in [0.2, 0.25) is 0 Å². The number of hydrogen-bond acceptors (Lipinski definition) is 4. The normalized spacial score (nSPS) is 32.7. The molecule has 3 aliphatic rings. The predicted octanol–water partition coefficient (Wildman–Crippen LogP) is 7.98. The highest BCUT2D eigenvalue weighted by atomic mass is 16.7. The molecule has 0 heterocycles. The molecule has 36 heavy (non-hydrogen) atoms. The topological polar surface area (TPSA) is 64.7 Å². The highest BCUT2D eigenvalue weighted by molar-refractivity contribution is 5.91. The van der Waals surface area contributed by atoms with E-state index in [1.807, 2.05) is 12.1 Å². The molecule has 4 nitrogen and oxygen atoms in total. The number of nitrogens with zero attached hydrogens (tertiary/aromatic N) is 1. The van der Waals surface area contributed by atoms with E-state index in [-0.39, 0.29) is 5.41 Å². The van der Waals surface area contributed by atoms with E-state index in [4.69, 9.17) is 10.6 Å². The van der Waals surface area contributed by atoms with Gasteiger partial charge in [-0.15, -0.1) is 0 Å². The third-order valence-corrected chi connectivity index (χ3v) is 10.1. The van der Waals surface area contributed by atoms with E-state index >= 15 is 0 Å². The minimum absolute atomic E-state index is 0.237. The fourth-order valence-corrected chi connectivity index (χ4v) is 7.55. The van der Waals surface area contributed by atoms with Crippen molar-refractivity contribution in [2.75, 3.05) is 0 Å². The molecule has 1 aromatic carbocycles. The number of carbonyl (C=O) groups excluding carboxylic acids is 1. The van der Waals surface area contributed by atoms with Crippen LogP contribution in [0.3, 0.4) is 0 Å². The summed E-state index contributed by atoms with van der Waals surface area (Å²) in [7, 11) is 0. The van der Waals surface area contributed by atoms with Crippen LogP contribution >= 0.6 is 0 Å². The molecule has 0 radical (unpaired) electrons. The Bertz CT molecular complexity index is 1020. The van der Waals surface area contributed by atoms with E-state index in [1.54, 1.807) is 17.7 Å². The van der Waals surface area contributed by atoms with Gasteiger partial charge in [-0.2, -0.15) is 0 Å². The van der Waals surface area contributed by atoms with Crippen LogP contribution in [0.4, 0.5) is 0 Å². The van der Waals surface area contributed by atoms with Gasteiger partial charge in [0.1, 0.15) is 0 Å². The highest BCUT2D eigenvalue weighted by Crippen LogP contribution is 2.61. The number of nitrogens with two attached hydrogens (primary N) is 1. The lowest BCUT2D eigenvalue weighted by Gasteiger charge is -2.51. The van der Waals surface area contributed by atoms with E-state index < -0.39 is 5.97 Å². The van der Waals surface area contributed by atoms with Crippen LogP contribution in [-0.4, -0.2) is 11.7 Å². The van der Waals surface area contributed by atoms with Crippen molar-refractivity contribution in [3.05, 3.63) is 59.2 Å². The summed E-state index contributed by atoms with van der Waals surface area (Å²) in [6.45, 7) is 14.1. The van der Waals surface area contributed by atoms with Crippen LogP contribution in [0, 0.1) is 28.6 Å². The molecule has 2 N–H and O–H groups in total. The first-order valence-corrected chi connectivity index (χ1v) is 14.1. The Morgan fingerprint density at radius 1 is 1.14 bits per heavy atom. The number of fused-ring (bicyclic) bond motifs is 1. The van der Waals surface area contributed by atoms with Gasteiger partial charge in [-0.05, 0) is 105 Å². The highest BCUT2D eigenvalue weighted by Gasteiger charge is 2.53. The molecule has 4 rings (SSSR count). The minimum Gasteiger partial charge on any atom is -0.326 e. The molecule has 2 unspecified atom stereocenters. The van der Waals surface area contributed by atoms with E-state index in [0.29, 0.717) is 29.4 Å². The Morgan fingerprint density at radius 2 is 1.89 bits per heavy atom. The van der Waals surface area contributed by atoms with E-state index in [2.05, 4.69) is 45.5 Å². The summed E-state index contributed by atoms with van der Waals surface area (Å²) in [6, 6.07) is 7.24. The summed E-state index contributed by atoms with van der Waals surface area (Å²) >= 11 is 0. The molecule has 5 atom stereocenters. The lowest BCUT2D eigenvalue weighted by Crippen LogP contribution is -2.42. The number of hydrogen-bond donors (Lipinski definition) is 1. The summed E-state index contributed by atoms with van der Waals surface area (Å²) in [6.07, 6.45) is 14.8. The maximum atomic E-state index is 12.5. The van der Waals surface area contributed by atoms with Crippen LogP contribution in [-0.2, 0) is 11.4 Å². The molecule has 0 aliphatic heterocycles. The Labute approximate surface area is 218 Å². The summed E-state index contributed by atoms with van der Waals surface area (Å²) in [5, 5.41) is 4.36. The third kappa shape index (κ3) is 5.25. The van der Waals surface area contributed by atoms with Crippen LogP contribution < -0.4 is 5.73 Å². The smallest absolute Gasteiger partial charge is 0.326 e. The number of carbonyl (C=O) groups is 1. The molecule has 0 bridgehead atoms. The Balaban J connectivity index is 1.43.